The van der Waals surface area contributed by atoms with E-state index in [2.05, 4.69) is 55.4 Å². The molecule has 31 heavy (non-hydrogen) atoms. The average molecular weight is 437 g/mol. The van der Waals surface area contributed by atoms with Crippen LogP contribution in [0.25, 0.3) is 0 Å². The van der Waals surface area contributed by atoms with E-state index in [9.17, 15) is 0 Å². The highest BCUT2D eigenvalue weighted by Gasteiger charge is 2.10. The van der Waals surface area contributed by atoms with Gasteiger partial charge < -0.3 is 0 Å². The summed E-state index contributed by atoms with van der Waals surface area (Å²) in [6, 6.07) is 0. The molecule has 0 aromatic heterocycles. The fourth-order valence-electron chi connectivity index (χ4n) is 5.23. The molecule has 188 valence electrons. The molecule has 0 aliphatic carbocycles. The topological polar surface area (TPSA) is 0 Å². The molecule has 4 atom stereocenters. The van der Waals surface area contributed by atoms with E-state index in [0.29, 0.717) is 0 Å². The molecule has 0 N–H and O–H groups in total. The molecule has 0 saturated heterocycles. The Morgan fingerprint density at radius 3 is 1.03 bits per heavy atom. The Bertz CT molecular complexity index is 355. The number of hydrogen-bond donors (Lipinski definition) is 0. The SMILES string of the molecule is CCC(CCCCC(C)CCCC(C)CCCC(C)C)CCCC(C)CCCC(C)C. The van der Waals surface area contributed by atoms with Crippen molar-refractivity contribution in [2.45, 2.75) is 165 Å². The lowest BCUT2D eigenvalue weighted by atomic mass is 9.88. The highest BCUT2D eigenvalue weighted by molar-refractivity contribution is 4.63. The van der Waals surface area contributed by atoms with Gasteiger partial charge in [-0.1, -0.05) is 165 Å². The monoisotopic (exact) mass is 437 g/mol. The Morgan fingerprint density at radius 1 is 0.355 bits per heavy atom. The maximum Gasteiger partial charge on any atom is -0.0417 e. The van der Waals surface area contributed by atoms with Gasteiger partial charge in [0.1, 0.15) is 0 Å². The number of rotatable bonds is 22. The lowest BCUT2D eigenvalue weighted by Gasteiger charge is -2.18. The van der Waals surface area contributed by atoms with Crippen molar-refractivity contribution in [3.63, 3.8) is 0 Å². The lowest BCUT2D eigenvalue weighted by Crippen LogP contribution is -2.03. The van der Waals surface area contributed by atoms with Crippen molar-refractivity contribution in [3.05, 3.63) is 0 Å². The quantitative estimate of drug-likeness (QED) is 0.148. The molecule has 0 amide bonds. The Hall–Kier alpha value is 0. The number of hydrogen-bond acceptors (Lipinski definition) is 0. The Kier molecular flexibility index (Phi) is 20.6. The van der Waals surface area contributed by atoms with Gasteiger partial charge in [-0.2, -0.15) is 0 Å². The largest absolute Gasteiger partial charge is 0.0651 e. The van der Waals surface area contributed by atoms with Crippen LogP contribution in [0.3, 0.4) is 0 Å². The van der Waals surface area contributed by atoms with Gasteiger partial charge in [-0.15, -0.1) is 0 Å². The second-order valence-electron chi connectivity index (χ2n) is 12.4. The van der Waals surface area contributed by atoms with Gasteiger partial charge in [0, 0.05) is 0 Å². The van der Waals surface area contributed by atoms with Crippen LogP contribution in [0, 0.1) is 35.5 Å². The first-order valence-electron chi connectivity index (χ1n) is 14.7. The molecule has 0 rings (SSSR count). The lowest BCUT2D eigenvalue weighted by molar-refractivity contribution is 0.353. The van der Waals surface area contributed by atoms with E-state index in [1.165, 1.54) is 109 Å². The Labute approximate surface area is 200 Å². The summed E-state index contributed by atoms with van der Waals surface area (Å²) in [4.78, 5) is 0. The smallest absolute Gasteiger partial charge is 0.0417 e. The summed E-state index contributed by atoms with van der Waals surface area (Å²) in [5, 5.41) is 0. The third-order valence-corrected chi connectivity index (χ3v) is 7.80. The molecule has 0 aromatic rings. The second-order valence-corrected chi connectivity index (χ2v) is 12.4. The molecule has 0 radical (unpaired) electrons. The molecule has 0 aliphatic rings. The van der Waals surface area contributed by atoms with Crippen LogP contribution in [0.1, 0.15) is 165 Å². The van der Waals surface area contributed by atoms with E-state index in [4.69, 9.17) is 0 Å². The third-order valence-electron chi connectivity index (χ3n) is 7.80. The normalized spacial score (nSPS) is 16.1. The molecule has 4 unspecified atom stereocenters. The summed E-state index contributed by atoms with van der Waals surface area (Å²) in [6.45, 7) is 19.3. The van der Waals surface area contributed by atoms with Crippen LogP contribution < -0.4 is 0 Å². The van der Waals surface area contributed by atoms with Crippen LogP contribution in [0.15, 0.2) is 0 Å². The summed E-state index contributed by atoms with van der Waals surface area (Å²) >= 11 is 0. The Balaban J connectivity index is 3.68. The van der Waals surface area contributed by atoms with Gasteiger partial charge in [-0.3, -0.25) is 0 Å². The van der Waals surface area contributed by atoms with Crippen LogP contribution in [0.4, 0.5) is 0 Å². The van der Waals surface area contributed by atoms with E-state index in [1.54, 1.807) is 0 Å². The summed E-state index contributed by atoms with van der Waals surface area (Å²) in [6.07, 6.45) is 24.6. The van der Waals surface area contributed by atoms with Crippen molar-refractivity contribution in [1.29, 1.82) is 0 Å². The van der Waals surface area contributed by atoms with E-state index < -0.39 is 0 Å². The molecule has 0 aliphatic heterocycles. The van der Waals surface area contributed by atoms with Gasteiger partial charge in [-0.05, 0) is 35.5 Å². The summed E-state index contributed by atoms with van der Waals surface area (Å²) in [7, 11) is 0. The number of unbranched alkanes of at least 4 members (excludes halogenated alkanes) is 1. The zero-order chi connectivity index (χ0) is 23.5. The third kappa shape index (κ3) is 21.6. The maximum atomic E-state index is 2.50. The van der Waals surface area contributed by atoms with Crippen molar-refractivity contribution < 1.29 is 0 Å². The van der Waals surface area contributed by atoms with Gasteiger partial charge in [-0.25, -0.2) is 0 Å². The minimum atomic E-state index is 0.877. The summed E-state index contributed by atoms with van der Waals surface area (Å²) in [5.41, 5.74) is 0. The Morgan fingerprint density at radius 2 is 0.645 bits per heavy atom. The molecule has 0 nitrogen and oxygen atoms in total. The molecule has 0 bridgehead atoms. The van der Waals surface area contributed by atoms with Crippen molar-refractivity contribution in [2.24, 2.45) is 35.5 Å². The van der Waals surface area contributed by atoms with Gasteiger partial charge in [0.25, 0.3) is 0 Å². The van der Waals surface area contributed by atoms with E-state index >= 15 is 0 Å². The van der Waals surface area contributed by atoms with E-state index in [-0.39, 0.29) is 0 Å². The van der Waals surface area contributed by atoms with Gasteiger partial charge in [0.2, 0.25) is 0 Å². The molecule has 0 fully saturated rings. The molecule has 0 heterocycles. The first-order chi connectivity index (χ1) is 14.7. The molecule has 0 spiro atoms. The molecule has 0 saturated carbocycles. The first-order valence-corrected chi connectivity index (χ1v) is 14.7. The first kappa shape index (κ1) is 31.0. The second kappa shape index (κ2) is 20.6. The highest BCUT2D eigenvalue weighted by atomic mass is 14.2. The highest BCUT2D eigenvalue weighted by Crippen LogP contribution is 2.25. The van der Waals surface area contributed by atoms with Gasteiger partial charge >= 0.3 is 0 Å². The fourth-order valence-corrected chi connectivity index (χ4v) is 5.23. The van der Waals surface area contributed by atoms with Crippen molar-refractivity contribution >= 4 is 0 Å². The zero-order valence-corrected chi connectivity index (χ0v) is 23.5. The molecular weight excluding hydrogens is 372 g/mol. The standard InChI is InChI=1S/C31H64/c1-9-31(25-15-23-30(8)20-13-17-27(4)5)24-11-10-18-28(6)21-14-22-29(7)19-12-16-26(2)3/h26-31H,9-25H2,1-8H3. The minimum absolute atomic E-state index is 0.877. The predicted octanol–water partition coefficient (Wildman–Crippen LogP) is 11.5. The van der Waals surface area contributed by atoms with Crippen LogP contribution in [0.5, 0.6) is 0 Å². The minimum Gasteiger partial charge on any atom is -0.0651 e. The van der Waals surface area contributed by atoms with E-state index in [0.717, 1.165) is 35.5 Å². The maximum absolute atomic E-state index is 2.50. The summed E-state index contributed by atoms with van der Waals surface area (Å²) < 4.78 is 0. The zero-order valence-electron chi connectivity index (χ0n) is 23.5. The average Bonchev–Trinajstić information content (AvgIpc) is 2.69. The van der Waals surface area contributed by atoms with Crippen molar-refractivity contribution in [3.8, 4) is 0 Å². The van der Waals surface area contributed by atoms with Crippen LogP contribution in [-0.2, 0) is 0 Å². The fraction of sp³-hybridized carbons (Fsp3) is 1.00. The summed E-state index contributed by atoms with van der Waals surface area (Å²) in [5.74, 6) is 5.56. The van der Waals surface area contributed by atoms with Crippen molar-refractivity contribution in [2.75, 3.05) is 0 Å². The van der Waals surface area contributed by atoms with Crippen LogP contribution in [-0.4, -0.2) is 0 Å². The van der Waals surface area contributed by atoms with Crippen LogP contribution >= 0.6 is 0 Å². The molecular formula is C31H64. The predicted molar refractivity (Wildman–Crippen MR) is 145 cm³/mol. The van der Waals surface area contributed by atoms with Crippen LogP contribution in [0.2, 0.25) is 0 Å². The molecule has 0 heteroatoms. The van der Waals surface area contributed by atoms with Gasteiger partial charge in [0.15, 0.2) is 0 Å². The van der Waals surface area contributed by atoms with Gasteiger partial charge in [0.05, 0.1) is 0 Å². The van der Waals surface area contributed by atoms with Crippen molar-refractivity contribution in [1.82, 2.24) is 0 Å². The van der Waals surface area contributed by atoms with E-state index in [1.807, 2.05) is 0 Å². The molecule has 0 aromatic carbocycles.